The van der Waals surface area contributed by atoms with Crippen LogP contribution in [0, 0.1) is 14.9 Å². The normalized spacial score (nSPS) is 11.0. The smallest absolute Gasteiger partial charge is 0.278 e. The largest absolute Gasteiger partial charge is 0.486 e. The number of ether oxygens (including phenoxy) is 1. The van der Waals surface area contributed by atoms with Gasteiger partial charge in [-0.3, -0.25) is 10.1 Å². The number of nitro benzene ring substituents is 1. The van der Waals surface area contributed by atoms with E-state index < -0.39 is 4.92 Å². The third-order valence-electron chi connectivity index (χ3n) is 3.34. The van der Waals surface area contributed by atoms with Crippen molar-refractivity contribution in [2.24, 2.45) is 5.10 Å². The molecule has 8 nitrogen and oxygen atoms in total. The standard InChI is InChI=1S/C16H12ClN5O3S/c17-12-5-7-13(8-6-12)25-10-15-19-20-16(26)21(15)18-9-11-3-1-2-4-14(11)22(23)24/h1-9H,10H2,(H,20,26)/b18-9-. The maximum Gasteiger partial charge on any atom is 0.278 e. The van der Waals surface area contributed by atoms with Gasteiger partial charge < -0.3 is 4.74 Å². The number of nitro groups is 1. The lowest BCUT2D eigenvalue weighted by atomic mass is 10.2. The Morgan fingerprint density at radius 1 is 1.31 bits per heavy atom. The first kappa shape index (κ1) is 17.8. The summed E-state index contributed by atoms with van der Waals surface area (Å²) in [5, 5.41) is 22.6. The van der Waals surface area contributed by atoms with Crippen molar-refractivity contribution in [2.45, 2.75) is 6.61 Å². The number of benzene rings is 2. The summed E-state index contributed by atoms with van der Waals surface area (Å²) >= 11 is 11.0. The number of hydrogen-bond donors (Lipinski definition) is 1. The molecule has 26 heavy (non-hydrogen) atoms. The van der Waals surface area contributed by atoms with E-state index in [-0.39, 0.29) is 17.1 Å². The van der Waals surface area contributed by atoms with Crippen LogP contribution in [0.15, 0.2) is 53.6 Å². The minimum atomic E-state index is -0.472. The van der Waals surface area contributed by atoms with Crippen LogP contribution in [0.2, 0.25) is 5.02 Å². The lowest BCUT2D eigenvalue weighted by molar-refractivity contribution is -0.385. The molecule has 10 heteroatoms. The number of para-hydroxylation sites is 1. The summed E-state index contributed by atoms with van der Waals surface area (Å²) in [7, 11) is 0. The van der Waals surface area contributed by atoms with E-state index in [1.807, 2.05) is 0 Å². The number of rotatable bonds is 6. The Morgan fingerprint density at radius 2 is 2.04 bits per heavy atom. The molecule has 1 aromatic heterocycles. The predicted molar refractivity (Wildman–Crippen MR) is 99.3 cm³/mol. The van der Waals surface area contributed by atoms with Crippen LogP contribution in [0.4, 0.5) is 5.69 Å². The fourth-order valence-electron chi connectivity index (χ4n) is 2.10. The predicted octanol–water partition coefficient (Wildman–Crippen LogP) is 3.96. The molecule has 0 aliphatic heterocycles. The van der Waals surface area contributed by atoms with E-state index in [0.29, 0.717) is 22.2 Å². The fraction of sp³-hybridized carbons (Fsp3) is 0.0625. The molecule has 1 N–H and O–H groups in total. The topological polar surface area (TPSA) is 98.3 Å². The zero-order valence-corrected chi connectivity index (χ0v) is 14.8. The molecule has 0 saturated heterocycles. The van der Waals surface area contributed by atoms with Crippen LogP contribution in [0.3, 0.4) is 0 Å². The second-order valence-electron chi connectivity index (χ2n) is 5.06. The van der Waals surface area contributed by atoms with Crippen LogP contribution in [-0.4, -0.2) is 26.0 Å². The summed E-state index contributed by atoms with van der Waals surface area (Å²) in [6.07, 6.45) is 1.36. The van der Waals surface area contributed by atoms with Gasteiger partial charge in [0.05, 0.1) is 16.7 Å². The van der Waals surface area contributed by atoms with E-state index in [4.69, 9.17) is 28.6 Å². The number of aromatic amines is 1. The Bertz CT molecular complexity index is 1010. The van der Waals surface area contributed by atoms with E-state index in [2.05, 4.69) is 15.3 Å². The Hall–Kier alpha value is -3.04. The molecule has 0 fully saturated rings. The number of aromatic nitrogens is 3. The van der Waals surface area contributed by atoms with Gasteiger partial charge in [0.1, 0.15) is 12.4 Å². The summed E-state index contributed by atoms with van der Waals surface area (Å²) in [5.74, 6) is 1.03. The SMILES string of the molecule is O=[N+]([O-])c1ccccc1/C=N\n1c(COc2ccc(Cl)cc2)n[nH]c1=S. The van der Waals surface area contributed by atoms with Crippen LogP contribution in [0.25, 0.3) is 0 Å². The first-order valence-electron chi connectivity index (χ1n) is 7.37. The quantitative estimate of drug-likeness (QED) is 0.298. The lowest BCUT2D eigenvalue weighted by Gasteiger charge is -2.05. The van der Waals surface area contributed by atoms with E-state index in [1.165, 1.54) is 17.0 Å². The first-order chi connectivity index (χ1) is 12.5. The first-order valence-corrected chi connectivity index (χ1v) is 8.15. The molecular weight excluding hydrogens is 378 g/mol. The van der Waals surface area contributed by atoms with Gasteiger partial charge >= 0.3 is 0 Å². The molecule has 132 valence electrons. The maximum atomic E-state index is 11.1. The third kappa shape index (κ3) is 4.13. The van der Waals surface area contributed by atoms with E-state index >= 15 is 0 Å². The molecule has 3 aromatic rings. The Labute approximate surface area is 157 Å². The fourth-order valence-corrected chi connectivity index (χ4v) is 2.42. The monoisotopic (exact) mass is 389 g/mol. The van der Waals surface area contributed by atoms with Gasteiger partial charge in [0.2, 0.25) is 4.77 Å². The minimum absolute atomic E-state index is 0.0507. The van der Waals surface area contributed by atoms with Crippen LogP contribution in [0.5, 0.6) is 5.75 Å². The van der Waals surface area contributed by atoms with E-state index in [9.17, 15) is 10.1 Å². The molecule has 0 bridgehead atoms. The Morgan fingerprint density at radius 3 is 2.77 bits per heavy atom. The Balaban J connectivity index is 1.81. The van der Waals surface area contributed by atoms with Crippen molar-refractivity contribution in [2.75, 3.05) is 0 Å². The molecule has 0 atom stereocenters. The van der Waals surface area contributed by atoms with Crippen LogP contribution in [0.1, 0.15) is 11.4 Å². The molecule has 0 amide bonds. The summed E-state index contributed by atoms with van der Waals surface area (Å²) in [6.45, 7) is 0.100. The molecule has 0 unspecified atom stereocenters. The van der Waals surface area contributed by atoms with Gasteiger partial charge in [0.15, 0.2) is 5.82 Å². The highest BCUT2D eigenvalue weighted by Crippen LogP contribution is 2.17. The van der Waals surface area contributed by atoms with Gasteiger partial charge in [-0.05, 0) is 42.5 Å². The number of H-pyrrole nitrogens is 1. The number of hydrogen-bond acceptors (Lipinski definition) is 6. The molecule has 0 spiro atoms. The van der Waals surface area contributed by atoms with Crippen molar-refractivity contribution < 1.29 is 9.66 Å². The van der Waals surface area contributed by atoms with E-state index in [1.54, 1.807) is 42.5 Å². The summed E-state index contributed by atoms with van der Waals surface area (Å²) < 4.78 is 7.22. The van der Waals surface area contributed by atoms with Crippen LogP contribution in [-0.2, 0) is 6.61 Å². The van der Waals surface area contributed by atoms with Crippen molar-refractivity contribution in [3.63, 3.8) is 0 Å². The highest BCUT2D eigenvalue weighted by Gasteiger charge is 2.11. The molecule has 3 rings (SSSR count). The van der Waals surface area contributed by atoms with Crippen LogP contribution >= 0.6 is 23.8 Å². The van der Waals surface area contributed by atoms with Gasteiger partial charge in [-0.25, -0.2) is 5.10 Å². The molecule has 0 aliphatic carbocycles. The molecule has 0 radical (unpaired) electrons. The van der Waals surface area contributed by atoms with Gasteiger partial charge in [0, 0.05) is 11.1 Å². The molecule has 0 aliphatic rings. The second-order valence-corrected chi connectivity index (χ2v) is 5.88. The maximum absolute atomic E-state index is 11.1. The molecule has 0 saturated carbocycles. The van der Waals surface area contributed by atoms with Crippen molar-refractivity contribution >= 4 is 35.7 Å². The summed E-state index contributed by atoms with van der Waals surface area (Å²) in [6, 6.07) is 13.1. The highest BCUT2D eigenvalue weighted by molar-refractivity contribution is 7.71. The van der Waals surface area contributed by atoms with Crippen LogP contribution < -0.4 is 4.74 Å². The zero-order chi connectivity index (χ0) is 18.5. The van der Waals surface area contributed by atoms with Crippen molar-refractivity contribution in [3.05, 3.63) is 79.8 Å². The lowest BCUT2D eigenvalue weighted by Crippen LogP contribution is -2.04. The van der Waals surface area contributed by atoms with Crippen molar-refractivity contribution in [1.82, 2.24) is 14.9 Å². The van der Waals surface area contributed by atoms with Crippen molar-refractivity contribution in [3.8, 4) is 5.75 Å². The van der Waals surface area contributed by atoms with Gasteiger partial charge in [0.25, 0.3) is 5.69 Å². The number of halogens is 1. The van der Waals surface area contributed by atoms with Gasteiger partial charge in [-0.2, -0.15) is 14.9 Å². The summed E-state index contributed by atoms with van der Waals surface area (Å²) in [5.41, 5.74) is 0.301. The average Bonchev–Trinajstić information content (AvgIpc) is 2.99. The second kappa shape index (κ2) is 7.89. The average molecular weight is 390 g/mol. The van der Waals surface area contributed by atoms with Gasteiger partial charge in [-0.15, -0.1) is 0 Å². The van der Waals surface area contributed by atoms with Gasteiger partial charge in [-0.1, -0.05) is 23.7 Å². The van der Waals surface area contributed by atoms with E-state index in [0.717, 1.165) is 0 Å². The zero-order valence-electron chi connectivity index (χ0n) is 13.2. The highest BCUT2D eigenvalue weighted by atomic mass is 35.5. The number of nitrogens with one attached hydrogen (secondary N) is 1. The third-order valence-corrected chi connectivity index (χ3v) is 3.86. The summed E-state index contributed by atoms with van der Waals surface area (Å²) in [4.78, 5) is 10.6. The minimum Gasteiger partial charge on any atom is -0.486 e. The molecular formula is C16H12ClN5O3S. The molecule has 2 aromatic carbocycles. The molecule has 1 heterocycles. The number of nitrogens with zero attached hydrogens (tertiary/aromatic N) is 4. The van der Waals surface area contributed by atoms with Crippen molar-refractivity contribution in [1.29, 1.82) is 0 Å². The Kier molecular flexibility index (Phi) is 5.40.